The third kappa shape index (κ3) is 3.95. The first-order valence-electron chi connectivity index (χ1n) is 7.21. The number of methoxy groups -OCH3 is 1. The van der Waals surface area contributed by atoms with Crippen molar-refractivity contribution < 1.29 is 4.74 Å². The minimum absolute atomic E-state index is 0.572. The van der Waals surface area contributed by atoms with Crippen molar-refractivity contribution in [3.63, 3.8) is 0 Å². The Morgan fingerprint density at radius 1 is 1.19 bits per heavy atom. The maximum absolute atomic E-state index is 5.64. The van der Waals surface area contributed by atoms with Gasteiger partial charge in [-0.1, -0.05) is 12.1 Å². The van der Waals surface area contributed by atoms with Crippen molar-refractivity contribution in [1.82, 2.24) is 4.98 Å². The highest BCUT2D eigenvalue weighted by molar-refractivity contribution is 5.48. The van der Waals surface area contributed by atoms with Gasteiger partial charge in [-0.05, 0) is 31.5 Å². The van der Waals surface area contributed by atoms with Crippen molar-refractivity contribution in [2.24, 2.45) is 5.73 Å². The lowest BCUT2D eigenvalue weighted by atomic mass is 10.2. The zero-order valence-electron chi connectivity index (χ0n) is 13.0. The van der Waals surface area contributed by atoms with Crippen LogP contribution in [0.15, 0.2) is 36.4 Å². The lowest BCUT2D eigenvalue weighted by Gasteiger charge is -2.23. The highest BCUT2D eigenvalue weighted by atomic mass is 16.5. The first-order chi connectivity index (χ1) is 10.2. The molecule has 0 aliphatic heterocycles. The molecule has 0 saturated carbocycles. The molecular weight excluding hydrogens is 262 g/mol. The van der Waals surface area contributed by atoms with Gasteiger partial charge in [0.15, 0.2) is 0 Å². The van der Waals surface area contributed by atoms with Crippen LogP contribution in [0.2, 0.25) is 0 Å². The summed E-state index contributed by atoms with van der Waals surface area (Å²) in [4.78, 5) is 6.87. The SMILES string of the molecule is CCN(Cc1cc(OC)cc(C)n1)c1ccc(CN)cc1. The van der Waals surface area contributed by atoms with Gasteiger partial charge in [0.2, 0.25) is 0 Å². The fraction of sp³-hybridized carbons (Fsp3) is 0.353. The van der Waals surface area contributed by atoms with Crippen molar-refractivity contribution >= 4 is 5.69 Å². The molecule has 0 atom stereocenters. The molecule has 0 aliphatic rings. The van der Waals surface area contributed by atoms with Gasteiger partial charge in [0, 0.05) is 36.6 Å². The Hall–Kier alpha value is -2.07. The quantitative estimate of drug-likeness (QED) is 0.886. The number of hydrogen-bond acceptors (Lipinski definition) is 4. The van der Waals surface area contributed by atoms with Gasteiger partial charge in [-0.15, -0.1) is 0 Å². The smallest absolute Gasteiger partial charge is 0.122 e. The van der Waals surface area contributed by atoms with Crippen LogP contribution in [0.3, 0.4) is 0 Å². The summed E-state index contributed by atoms with van der Waals surface area (Å²) in [5.74, 6) is 0.854. The van der Waals surface area contributed by atoms with E-state index >= 15 is 0 Å². The van der Waals surface area contributed by atoms with Gasteiger partial charge < -0.3 is 15.4 Å². The van der Waals surface area contributed by atoms with Gasteiger partial charge in [-0.2, -0.15) is 0 Å². The third-order valence-corrected chi connectivity index (χ3v) is 3.49. The Bertz CT molecular complexity index is 581. The first kappa shape index (κ1) is 15.3. The Labute approximate surface area is 126 Å². The number of aromatic nitrogens is 1. The van der Waals surface area contributed by atoms with E-state index in [1.165, 1.54) is 5.69 Å². The molecular formula is C17H23N3O. The van der Waals surface area contributed by atoms with Crippen LogP contribution in [0.1, 0.15) is 23.9 Å². The van der Waals surface area contributed by atoms with Crippen molar-refractivity contribution in [1.29, 1.82) is 0 Å². The summed E-state index contributed by atoms with van der Waals surface area (Å²) in [6.07, 6.45) is 0. The van der Waals surface area contributed by atoms with Crippen molar-refractivity contribution in [3.05, 3.63) is 53.3 Å². The molecule has 0 amide bonds. The Balaban J connectivity index is 2.19. The van der Waals surface area contributed by atoms with E-state index in [4.69, 9.17) is 10.5 Å². The molecule has 2 N–H and O–H groups in total. The molecule has 0 fully saturated rings. The molecule has 2 aromatic rings. The summed E-state index contributed by atoms with van der Waals surface area (Å²) in [5.41, 5.74) is 9.95. The van der Waals surface area contributed by atoms with Crippen LogP contribution >= 0.6 is 0 Å². The van der Waals surface area contributed by atoms with E-state index in [0.717, 1.165) is 35.8 Å². The Kier molecular flexibility index (Phi) is 5.17. The zero-order valence-corrected chi connectivity index (χ0v) is 13.0. The molecule has 0 saturated heterocycles. The highest BCUT2D eigenvalue weighted by Gasteiger charge is 2.08. The van der Waals surface area contributed by atoms with E-state index in [0.29, 0.717) is 6.54 Å². The van der Waals surface area contributed by atoms with Crippen molar-refractivity contribution in [2.45, 2.75) is 26.9 Å². The van der Waals surface area contributed by atoms with E-state index in [2.05, 4.69) is 41.1 Å². The monoisotopic (exact) mass is 285 g/mol. The summed E-state index contributed by atoms with van der Waals surface area (Å²) in [5, 5.41) is 0. The van der Waals surface area contributed by atoms with E-state index in [9.17, 15) is 0 Å². The molecule has 1 aromatic carbocycles. The van der Waals surface area contributed by atoms with Gasteiger partial charge in [-0.3, -0.25) is 4.98 Å². The molecule has 0 aliphatic carbocycles. The number of nitrogens with zero attached hydrogens (tertiary/aromatic N) is 2. The number of pyridine rings is 1. The minimum atomic E-state index is 0.572. The van der Waals surface area contributed by atoms with Crippen LogP contribution in [0, 0.1) is 6.92 Å². The molecule has 4 heteroatoms. The Morgan fingerprint density at radius 2 is 1.90 bits per heavy atom. The van der Waals surface area contributed by atoms with Crippen LogP contribution in [0.25, 0.3) is 0 Å². The number of rotatable bonds is 6. The topological polar surface area (TPSA) is 51.4 Å². The lowest BCUT2D eigenvalue weighted by Crippen LogP contribution is -2.22. The van der Waals surface area contributed by atoms with E-state index in [-0.39, 0.29) is 0 Å². The number of ether oxygens (including phenoxy) is 1. The fourth-order valence-corrected chi connectivity index (χ4v) is 2.33. The molecule has 0 bridgehead atoms. The maximum Gasteiger partial charge on any atom is 0.122 e. The summed E-state index contributed by atoms with van der Waals surface area (Å²) in [6.45, 7) is 6.38. The third-order valence-electron chi connectivity index (χ3n) is 3.49. The predicted octanol–water partition coefficient (Wildman–Crippen LogP) is 2.88. The second-order valence-electron chi connectivity index (χ2n) is 5.02. The molecule has 21 heavy (non-hydrogen) atoms. The van der Waals surface area contributed by atoms with Crippen LogP contribution in [0.5, 0.6) is 5.75 Å². The number of hydrogen-bond donors (Lipinski definition) is 1. The summed E-state index contributed by atoms with van der Waals surface area (Å²) >= 11 is 0. The second kappa shape index (κ2) is 7.09. The normalized spacial score (nSPS) is 10.5. The first-order valence-corrected chi connectivity index (χ1v) is 7.21. The van der Waals surface area contributed by atoms with E-state index in [1.54, 1.807) is 7.11 Å². The van der Waals surface area contributed by atoms with Crippen LogP contribution in [-0.2, 0) is 13.1 Å². The maximum atomic E-state index is 5.64. The largest absolute Gasteiger partial charge is 0.497 e. The second-order valence-corrected chi connectivity index (χ2v) is 5.02. The predicted molar refractivity (Wildman–Crippen MR) is 86.6 cm³/mol. The lowest BCUT2D eigenvalue weighted by molar-refractivity contribution is 0.413. The zero-order chi connectivity index (χ0) is 15.2. The average Bonchev–Trinajstić information content (AvgIpc) is 2.52. The molecule has 0 unspecified atom stereocenters. The van der Waals surface area contributed by atoms with Gasteiger partial charge in [0.05, 0.1) is 19.3 Å². The molecule has 2 rings (SSSR count). The number of nitrogens with two attached hydrogens (primary N) is 1. The van der Waals surface area contributed by atoms with Gasteiger partial charge in [0.25, 0.3) is 0 Å². The highest BCUT2D eigenvalue weighted by Crippen LogP contribution is 2.20. The standard InChI is InChI=1S/C17H23N3O/c1-4-20(16-7-5-14(11-18)6-8-16)12-15-10-17(21-3)9-13(2)19-15/h5-10H,4,11-12,18H2,1-3H3. The summed E-state index contributed by atoms with van der Waals surface area (Å²) in [6, 6.07) is 12.3. The summed E-state index contributed by atoms with van der Waals surface area (Å²) < 4.78 is 5.31. The van der Waals surface area contributed by atoms with Crippen molar-refractivity contribution in [3.8, 4) is 5.75 Å². The van der Waals surface area contributed by atoms with E-state index in [1.807, 2.05) is 19.1 Å². The molecule has 4 nitrogen and oxygen atoms in total. The molecule has 112 valence electrons. The molecule has 1 aromatic heterocycles. The van der Waals surface area contributed by atoms with Gasteiger partial charge in [-0.25, -0.2) is 0 Å². The van der Waals surface area contributed by atoms with Crippen LogP contribution in [-0.4, -0.2) is 18.6 Å². The van der Waals surface area contributed by atoms with Gasteiger partial charge in [0.1, 0.15) is 5.75 Å². The van der Waals surface area contributed by atoms with Crippen LogP contribution in [0.4, 0.5) is 5.69 Å². The summed E-state index contributed by atoms with van der Waals surface area (Å²) in [7, 11) is 1.68. The number of anilines is 1. The average molecular weight is 285 g/mol. The number of benzene rings is 1. The van der Waals surface area contributed by atoms with Crippen LogP contribution < -0.4 is 15.4 Å². The molecule has 0 spiro atoms. The van der Waals surface area contributed by atoms with Gasteiger partial charge >= 0.3 is 0 Å². The molecule has 0 radical (unpaired) electrons. The Morgan fingerprint density at radius 3 is 2.48 bits per heavy atom. The molecule has 1 heterocycles. The minimum Gasteiger partial charge on any atom is -0.497 e. The van der Waals surface area contributed by atoms with E-state index < -0.39 is 0 Å². The number of aryl methyl sites for hydroxylation is 1. The fourth-order valence-electron chi connectivity index (χ4n) is 2.33. The van der Waals surface area contributed by atoms with Crippen molar-refractivity contribution in [2.75, 3.05) is 18.6 Å².